The van der Waals surface area contributed by atoms with Crippen LogP contribution in [0.2, 0.25) is 0 Å². The monoisotopic (exact) mass is 463 g/mol. The number of halogens is 1. The maximum absolute atomic E-state index is 14.1. The standard InChI is InChI=1S/C27H22FN7/c1-15-8-17(10-19(28)9-15)21-6-7-30-26-24(21)31-27(32-26)25-22-12-16(4-5-23(22)33-34-25)18-11-20(35(2)3)14-29-13-18/h4-14H,1-3H3,(H,33,34)(H,30,31,32). The third kappa shape index (κ3) is 3.69. The number of nitrogens with one attached hydrogen (secondary N) is 2. The Hall–Kier alpha value is -4.59. The molecule has 0 radical (unpaired) electrons. The summed E-state index contributed by atoms with van der Waals surface area (Å²) in [6, 6.07) is 15.1. The van der Waals surface area contributed by atoms with Gasteiger partial charge in [-0.2, -0.15) is 5.10 Å². The first kappa shape index (κ1) is 21.0. The van der Waals surface area contributed by atoms with Crippen LogP contribution < -0.4 is 4.90 Å². The molecule has 0 amide bonds. The van der Waals surface area contributed by atoms with E-state index >= 15 is 0 Å². The highest BCUT2D eigenvalue weighted by Crippen LogP contribution is 2.33. The van der Waals surface area contributed by atoms with Gasteiger partial charge in [0.25, 0.3) is 0 Å². The summed E-state index contributed by atoms with van der Waals surface area (Å²) >= 11 is 0. The quantitative estimate of drug-likeness (QED) is 0.348. The van der Waals surface area contributed by atoms with Crippen molar-refractivity contribution in [3.05, 3.63) is 78.5 Å². The van der Waals surface area contributed by atoms with Crippen molar-refractivity contribution < 1.29 is 4.39 Å². The Morgan fingerprint density at radius 3 is 2.63 bits per heavy atom. The molecule has 0 bridgehead atoms. The van der Waals surface area contributed by atoms with Crippen LogP contribution in [0.1, 0.15) is 5.56 Å². The molecule has 0 saturated heterocycles. The fourth-order valence-corrected chi connectivity index (χ4v) is 4.36. The molecule has 2 N–H and O–H groups in total. The number of H-pyrrole nitrogens is 2. The molecule has 35 heavy (non-hydrogen) atoms. The van der Waals surface area contributed by atoms with E-state index in [0.717, 1.165) is 49.9 Å². The molecule has 8 heteroatoms. The SMILES string of the molecule is Cc1cc(F)cc(-c2ccnc3nc(-c4n[nH]c5ccc(-c6cncc(N(C)C)c6)cc45)[nH]c23)c1. The summed E-state index contributed by atoms with van der Waals surface area (Å²) in [6.07, 6.45) is 5.38. The van der Waals surface area contributed by atoms with E-state index in [2.05, 4.69) is 37.3 Å². The van der Waals surface area contributed by atoms with Crippen LogP contribution in [0.25, 0.3) is 55.8 Å². The van der Waals surface area contributed by atoms with Gasteiger partial charge in [0.05, 0.1) is 22.9 Å². The average Bonchev–Trinajstić information content (AvgIpc) is 3.47. The minimum atomic E-state index is -0.275. The molecule has 0 aliphatic carbocycles. The maximum Gasteiger partial charge on any atom is 0.178 e. The first-order valence-electron chi connectivity index (χ1n) is 11.2. The Kier molecular flexibility index (Phi) is 4.81. The number of nitrogens with zero attached hydrogens (tertiary/aromatic N) is 5. The second kappa shape index (κ2) is 8.02. The van der Waals surface area contributed by atoms with Gasteiger partial charge in [0.1, 0.15) is 11.5 Å². The molecule has 0 atom stereocenters. The zero-order valence-electron chi connectivity index (χ0n) is 19.5. The highest BCUT2D eigenvalue weighted by molar-refractivity contribution is 5.97. The van der Waals surface area contributed by atoms with Crippen molar-refractivity contribution in [3.63, 3.8) is 0 Å². The molecule has 7 nitrogen and oxygen atoms in total. The van der Waals surface area contributed by atoms with Gasteiger partial charge < -0.3 is 9.88 Å². The van der Waals surface area contributed by atoms with Crippen molar-refractivity contribution in [3.8, 4) is 33.8 Å². The third-order valence-corrected chi connectivity index (χ3v) is 6.11. The molecule has 2 aromatic carbocycles. The van der Waals surface area contributed by atoms with E-state index in [0.29, 0.717) is 17.2 Å². The van der Waals surface area contributed by atoms with E-state index in [1.54, 1.807) is 6.20 Å². The van der Waals surface area contributed by atoms with Gasteiger partial charge in [-0.25, -0.2) is 14.4 Å². The second-order valence-electron chi connectivity index (χ2n) is 8.82. The van der Waals surface area contributed by atoms with E-state index < -0.39 is 0 Å². The van der Waals surface area contributed by atoms with Gasteiger partial charge in [0.2, 0.25) is 0 Å². The number of imidazole rings is 1. The molecule has 0 fully saturated rings. The first-order chi connectivity index (χ1) is 17.0. The first-order valence-corrected chi connectivity index (χ1v) is 11.2. The molecule has 4 heterocycles. The molecular formula is C27H22FN7. The molecule has 0 aliphatic rings. The lowest BCUT2D eigenvalue weighted by Crippen LogP contribution is -2.08. The zero-order chi connectivity index (χ0) is 24.1. The van der Waals surface area contributed by atoms with Crippen LogP contribution in [0.4, 0.5) is 10.1 Å². The normalized spacial score (nSPS) is 11.4. The minimum Gasteiger partial charge on any atom is -0.376 e. The van der Waals surface area contributed by atoms with Crippen LogP contribution in [-0.2, 0) is 0 Å². The molecule has 4 aromatic heterocycles. The largest absolute Gasteiger partial charge is 0.376 e. The van der Waals surface area contributed by atoms with Crippen LogP contribution in [0.15, 0.2) is 67.1 Å². The number of aromatic amines is 2. The van der Waals surface area contributed by atoms with Gasteiger partial charge in [0.15, 0.2) is 11.5 Å². The lowest BCUT2D eigenvalue weighted by molar-refractivity contribution is 0.627. The van der Waals surface area contributed by atoms with Gasteiger partial charge >= 0.3 is 0 Å². The Morgan fingerprint density at radius 1 is 0.914 bits per heavy atom. The smallest absolute Gasteiger partial charge is 0.178 e. The summed E-state index contributed by atoms with van der Waals surface area (Å²) in [5.74, 6) is 0.319. The number of benzene rings is 2. The van der Waals surface area contributed by atoms with Crippen molar-refractivity contribution in [2.75, 3.05) is 19.0 Å². The molecule has 0 spiro atoms. The van der Waals surface area contributed by atoms with Gasteiger partial charge in [-0.05, 0) is 60.0 Å². The Morgan fingerprint density at radius 2 is 1.80 bits per heavy atom. The van der Waals surface area contributed by atoms with Crippen molar-refractivity contribution in [1.82, 2.24) is 30.1 Å². The van der Waals surface area contributed by atoms with E-state index in [1.165, 1.54) is 12.1 Å². The Labute approximate surface area is 200 Å². The Balaban J connectivity index is 1.48. The van der Waals surface area contributed by atoms with Gasteiger partial charge in [-0.1, -0.05) is 12.1 Å². The fraction of sp³-hybridized carbons (Fsp3) is 0.111. The average molecular weight is 464 g/mol. The summed E-state index contributed by atoms with van der Waals surface area (Å²) < 4.78 is 14.1. The highest BCUT2D eigenvalue weighted by atomic mass is 19.1. The molecule has 172 valence electrons. The third-order valence-electron chi connectivity index (χ3n) is 6.11. The number of hydrogen-bond donors (Lipinski definition) is 2. The number of aromatic nitrogens is 6. The van der Waals surface area contributed by atoms with Crippen molar-refractivity contribution in [2.45, 2.75) is 6.92 Å². The number of aryl methyl sites for hydroxylation is 1. The zero-order valence-corrected chi connectivity index (χ0v) is 19.5. The van der Waals surface area contributed by atoms with E-state index in [9.17, 15) is 4.39 Å². The van der Waals surface area contributed by atoms with Crippen LogP contribution in [0.5, 0.6) is 0 Å². The lowest BCUT2D eigenvalue weighted by atomic mass is 10.0. The van der Waals surface area contributed by atoms with Crippen LogP contribution in [0.3, 0.4) is 0 Å². The minimum absolute atomic E-state index is 0.275. The summed E-state index contributed by atoms with van der Waals surface area (Å²) in [6.45, 7) is 1.88. The number of anilines is 1. The molecule has 6 aromatic rings. The van der Waals surface area contributed by atoms with Gasteiger partial charge in [-0.3, -0.25) is 10.1 Å². The Bertz CT molecular complexity index is 1690. The number of rotatable bonds is 4. The van der Waals surface area contributed by atoms with E-state index in [4.69, 9.17) is 4.98 Å². The highest BCUT2D eigenvalue weighted by Gasteiger charge is 2.17. The topological polar surface area (TPSA) is 86.4 Å². The number of hydrogen-bond acceptors (Lipinski definition) is 5. The molecule has 0 unspecified atom stereocenters. The molecule has 0 saturated carbocycles. The van der Waals surface area contributed by atoms with E-state index in [-0.39, 0.29) is 5.82 Å². The van der Waals surface area contributed by atoms with Crippen LogP contribution in [-0.4, -0.2) is 44.2 Å². The van der Waals surface area contributed by atoms with Crippen molar-refractivity contribution in [1.29, 1.82) is 0 Å². The van der Waals surface area contributed by atoms with E-state index in [1.807, 2.05) is 62.6 Å². The molecule has 6 rings (SSSR count). The summed E-state index contributed by atoms with van der Waals surface area (Å²) in [4.78, 5) is 18.9. The number of pyridine rings is 2. The fourth-order valence-electron chi connectivity index (χ4n) is 4.36. The van der Waals surface area contributed by atoms with Crippen molar-refractivity contribution in [2.24, 2.45) is 0 Å². The summed E-state index contributed by atoms with van der Waals surface area (Å²) in [7, 11) is 3.99. The lowest BCUT2D eigenvalue weighted by Gasteiger charge is -2.13. The van der Waals surface area contributed by atoms with Gasteiger partial charge in [-0.15, -0.1) is 0 Å². The summed E-state index contributed by atoms with van der Waals surface area (Å²) in [5, 5.41) is 8.57. The van der Waals surface area contributed by atoms with Crippen LogP contribution in [0, 0.1) is 12.7 Å². The summed E-state index contributed by atoms with van der Waals surface area (Å²) in [5.41, 5.74) is 8.41. The molecular weight excluding hydrogens is 441 g/mol. The van der Waals surface area contributed by atoms with Crippen LogP contribution >= 0.6 is 0 Å². The maximum atomic E-state index is 14.1. The predicted octanol–water partition coefficient (Wildman–Crippen LogP) is 5.74. The molecule has 0 aliphatic heterocycles. The number of fused-ring (bicyclic) bond motifs is 2. The van der Waals surface area contributed by atoms with Gasteiger partial charge in [0, 0.05) is 43.0 Å². The van der Waals surface area contributed by atoms with Crippen molar-refractivity contribution >= 4 is 27.8 Å². The predicted molar refractivity (Wildman–Crippen MR) is 137 cm³/mol. The second-order valence-corrected chi connectivity index (χ2v) is 8.82.